The standard InChI is InChI=1S/C15H24N2O/c1-15(2)7-4-13(14(15)18)11-17(3)10-12-5-8-16-9-6-12/h5-6,8-9,13-14,18H,4,7,10-11H2,1-3H3. The molecule has 2 unspecified atom stereocenters. The first-order valence-electron chi connectivity index (χ1n) is 6.74. The van der Waals surface area contributed by atoms with Crippen LogP contribution in [0.4, 0.5) is 0 Å². The summed E-state index contributed by atoms with van der Waals surface area (Å²) in [6, 6.07) is 4.09. The van der Waals surface area contributed by atoms with Gasteiger partial charge in [0.05, 0.1) is 6.10 Å². The van der Waals surface area contributed by atoms with E-state index in [2.05, 4.69) is 30.8 Å². The first-order chi connectivity index (χ1) is 8.49. The molecule has 100 valence electrons. The van der Waals surface area contributed by atoms with Gasteiger partial charge in [-0.05, 0) is 48.9 Å². The average Bonchev–Trinajstić information content (AvgIpc) is 2.57. The fourth-order valence-electron chi connectivity index (χ4n) is 2.96. The van der Waals surface area contributed by atoms with Gasteiger partial charge in [-0.1, -0.05) is 13.8 Å². The zero-order chi connectivity index (χ0) is 13.2. The Balaban J connectivity index is 1.87. The molecule has 3 heteroatoms. The van der Waals surface area contributed by atoms with E-state index in [0.29, 0.717) is 5.92 Å². The van der Waals surface area contributed by atoms with E-state index in [4.69, 9.17) is 0 Å². The Kier molecular flexibility index (Phi) is 4.03. The third-order valence-electron chi connectivity index (χ3n) is 4.15. The SMILES string of the molecule is CN(Cc1ccncc1)CC1CCC(C)(C)C1O. The fraction of sp³-hybridized carbons (Fsp3) is 0.667. The van der Waals surface area contributed by atoms with Crippen molar-refractivity contribution in [3.05, 3.63) is 30.1 Å². The van der Waals surface area contributed by atoms with Crippen LogP contribution < -0.4 is 0 Å². The summed E-state index contributed by atoms with van der Waals surface area (Å²) in [6.45, 7) is 6.22. The molecule has 0 saturated heterocycles. The number of aliphatic hydroxyl groups is 1. The second-order valence-corrected chi connectivity index (χ2v) is 6.28. The van der Waals surface area contributed by atoms with Gasteiger partial charge in [0.1, 0.15) is 0 Å². The summed E-state index contributed by atoms with van der Waals surface area (Å²) < 4.78 is 0. The molecule has 3 nitrogen and oxygen atoms in total. The van der Waals surface area contributed by atoms with E-state index in [0.717, 1.165) is 25.9 Å². The van der Waals surface area contributed by atoms with E-state index in [1.165, 1.54) is 5.56 Å². The minimum Gasteiger partial charge on any atom is -0.392 e. The highest BCUT2D eigenvalue weighted by molar-refractivity contribution is 5.09. The van der Waals surface area contributed by atoms with Crippen molar-refractivity contribution in [1.82, 2.24) is 9.88 Å². The molecule has 1 aliphatic carbocycles. The summed E-state index contributed by atoms with van der Waals surface area (Å²) in [4.78, 5) is 6.32. The number of pyridine rings is 1. The fourth-order valence-corrected chi connectivity index (χ4v) is 2.96. The van der Waals surface area contributed by atoms with Crippen molar-refractivity contribution in [2.24, 2.45) is 11.3 Å². The largest absolute Gasteiger partial charge is 0.392 e. The molecule has 1 heterocycles. The Morgan fingerprint density at radius 3 is 2.61 bits per heavy atom. The number of hydrogen-bond donors (Lipinski definition) is 1. The zero-order valence-corrected chi connectivity index (χ0v) is 11.6. The molecular formula is C15H24N2O. The van der Waals surface area contributed by atoms with Gasteiger partial charge in [0.2, 0.25) is 0 Å². The minimum atomic E-state index is -0.169. The highest BCUT2D eigenvalue weighted by atomic mass is 16.3. The molecular weight excluding hydrogens is 224 g/mol. The van der Waals surface area contributed by atoms with Gasteiger partial charge >= 0.3 is 0 Å². The van der Waals surface area contributed by atoms with E-state index >= 15 is 0 Å². The first-order valence-corrected chi connectivity index (χ1v) is 6.74. The third kappa shape index (κ3) is 3.09. The molecule has 2 rings (SSSR count). The predicted octanol–water partition coefficient (Wildman–Crippen LogP) is 2.31. The smallest absolute Gasteiger partial charge is 0.0631 e. The van der Waals surface area contributed by atoms with Crippen LogP contribution in [0.1, 0.15) is 32.3 Å². The van der Waals surface area contributed by atoms with Gasteiger partial charge < -0.3 is 10.0 Å². The molecule has 0 aliphatic heterocycles. The lowest BCUT2D eigenvalue weighted by atomic mass is 9.87. The highest BCUT2D eigenvalue weighted by Crippen LogP contribution is 2.41. The van der Waals surface area contributed by atoms with Crippen molar-refractivity contribution >= 4 is 0 Å². The van der Waals surface area contributed by atoms with Gasteiger partial charge in [-0.15, -0.1) is 0 Å². The number of aromatic nitrogens is 1. The van der Waals surface area contributed by atoms with Crippen LogP contribution in [0, 0.1) is 11.3 Å². The molecule has 18 heavy (non-hydrogen) atoms. The maximum atomic E-state index is 10.3. The molecule has 1 aromatic heterocycles. The summed E-state index contributed by atoms with van der Waals surface area (Å²) in [5.74, 6) is 0.409. The predicted molar refractivity (Wildman–Crippen MR) is 73.1 cm³/mol. The van der Waals surface area contributed by atoms with Crippen molar-refractivity contribution < 1.29 is 5.11 Å². The Bertz CT molecular complexity index is 377. The Labute approximate surface area is 110 Å². The van der Waals surface area contributed by atoms with Crippen LogP contribution in [-0.4, -0.2) is 34.7 Å². The van der Waals surface area contributed by atoms with Gasteiger partial charge in [-0.2, -0.15) is 0 Å². The summed E-state index contributed by atoms with van der Waals surface area (Å²) in [5, 5.41) is 10.3. The second kappa shape index (κ2) is 5.37. The summed E-state index contributed by atoms with van der Waals surface area (Å²) in [5.41, 5.74) is 1.36. The maximum absolute atomic E-state index is 10.3. The normalized spacial score (nSPS) is 26.7. The van der Waals surface area contributed by atoms with E-state index in [9.17, 15) is 5.11 Å². The number of hydrogen-bond acceptors (Lipinski definition) is 3. The van der Waals surface area contributed by atoms with E-state index in [1.807, 2.05) is 24.5 Å². The van der Waals surface area contributed by atoms with Crippen LogP contribution in [0.15, 0.2) is 24.5 Å². The molecule has 1 aromatic rings. The number of rotatable bonds is 4. The van der Waals surface area contributed by atoms with E-state index < -0.39 is 0 Å². The van der Waals surface area contributed by atoms with E-state index in [1.54, 1.807) is 0 Å². The molecule has 1 aliphatic rings. The summed E-state index contributed by atoms with van der Waals surface area (Å²) in [7, 11) is 2.12. The zero-order valence-electron chi connectivity index (χ0n) is 11.6. The van der Waals surface area contributed by atoms with Gasteiger partial charge in [0, 0.05) is 25.5 Å². The summed E-state index contributed by atoms with van der Waals surface area (Å²) in [6.07, 6.45) is 5.75. The van der Waals surface area contributed by atoms with E-state index in [-0.39, 0.29) is 11.5 Å². The van der Waals surface area contributed by atoms with Gasteiger partial charge in [-0.3, -0.25) is 4.98 Å². The number of nitrogens with zero attached hydrogens (tertiary/aromatic N) is 2. The maximum Gasteiger partial charge on any atom is 0.0631 e. The van der Waals surface area contributed by atoms with Crippen molar-refractivity contribution in [2.75, 3.05) is 13.6 Å². The quantitative estimate of drug-likeness (QED) is 0.888. The third-order valence-corrected chi connectivity index (χ3v) is 4.15. The Hall–Kier alpha value is -0.930. The van der Waals surface area contributed by atoms with Crippen LogP contribution in [0.5, 0.6) is 0 Å². The molecule has 0 amide bonds. The number of aliphatic hydroxyl groups excluding tert-OH is 1. The molecule has 1 N–H and O–H groups in total. The molecule has 2 atom stereocenters. The minimum absolute atomic E-state index is 0.0855. The highest BCUT2D eigenvalue weighted by Gasteiger charge is 2.40. The lowest BCUT2D eigenvalue weighted by molar-refractivity contribution is 0.0348. The van der Waals surface area contributed by atoms with Crippen LogP contribution in [0.2, 0.25) is 0 Å². The van der Waals surface area contributed by atoms with Crippen molar-refractivity contribution in [3.8, 4) is 0 Å². The molecule has 0 radical (unpaired) electrons. The summed E-state index contributed by atoms with van der Waals surface area (Å²) >= 11 is 0. The van der Waals surface area contributed by atoms with Crippen molar-refractivity contribution in [3.63, 3.8) is 0 Å². The van der Waals surface area contributed by atoms with Crippen LogP contribution in [-0.2, 0) is 6.54 Å². The van der Waals surface area contributed by atoms with Crippen molar-refractivity contribution in [2.45, 2.75) is 39.3 Å². The molecule has 1 saturated carbocycles. The van der Waals surface area contributed by atoms with Crippen molar-refractivity contribution in [1.29, 1.82) is 0 Å². The molecule has 0 bridgehead atoms. The average molecular weight is 248 g/mol. The van der Waals surface area contributed by atoms with Gasteiger partial charge in [-0.25, -0.2) is 0 Å². The van der Waals surface area contributed by atoms with Gasteiger partial charge in [0.25, 0.3) is 0 Å². The lowest BCUT2D eigenvalue weighted by Crippen LogP contribution is -2.34. The Morgan fingerprint density at radius 2 is 2.06 bits per heavy atom. The Morgan fingerprint density at radius 1 is 1.39 bits per heavy atom. The molecule has 0 spiro atoms. The second-order valence-electron chi connectivity index (χ2n) is 6.28. The molecule has 1 fully saturated rings. The molecule has 0 aromatic carbocycles. The first kappa shape index (κ1) is 13.5. The van der Waals surface area contributed by atoms with Gasteiger partial charge in [0.15, 0.2) is 0 Å². The monoisotopic (exact) mass is 248 g/mol. The van der Waals surface area contributed by atoms with Crippen LogP contribution in [0.3, 0.4) is 0 Å². The van der Waals surface area contributed by atoms with Crippen LogP contribution >= 0.6 is 0 Å². The van der Waals surface area contributed by atoms with Crippen LogP contribution in [0.25, 0.3) is 0 Å². The lowest BCUT2D eigenvalue weighted by Gasteiger charge is -2.28. The topological polar surface area (TPSA) is 36.4 Å².